The van der Waals surface area contributed by atoms with E-state index in [2.05, 4.69) is 5.32 Å². The molecule has 0 spiro atoms. The lowest BCUT2D eigenvalue weighted by molar-refractivity contribution is -0.143. The molecule has 0 saturated carbocycles. The molecular formula is C17H17ClN2O3. The number of benzene rings is 2. The second-order valence-electron chi connectivity index (χ2n) is 4.92. The van der Waals surface area contributed by atoms with Gasteiger partial charge < -0.3 is 10.5 Å². The Kier molecular flexibility index (Phi) is 5.73. The third-order valence-electron chi connectivity index (χ3n) is 3.37. The van der Waals surface area contributed by atoms with Crippen LogP contribution in [0.5, 0.6) is 0 Å². The summed E-state index contributed by atoms with van der Waals surface area (Å²) < 4.78 is 4.84. The number of ether oxygens (including phenoxy) is 1. The largest absolute Gasteiger partial charge is 0.468 e. The van der Waals surface area contributed by atoms with Gasteiger partial charge in [0.2, 0.25) is 5.91 Å². The Morgan fingerprint density at radius 1 is 1.22 bits per heavy atom. The Labute approximate surface area is 139 Å². The van der Waals surface area contributed by atoms with E-state index in [1.54, 1.807) is 42.5 Å². The molecule has 0 aliphatic heterocycles. The Morgan fingerprint density at radius 3 is 2.61 bits per heavy atom. The Bertz CT molecular complexity index is 718. The summed E-state index contributed by atoms with van der Waals surface area (Å²) in [7, 11) is 1.32. The van der Waals surface area contributed by atoms with Crippen molar-refractivity contribution in [1.29, 1.82) is 0 Å². The number of rotatable bonds is 6. The third-order valence-corrected chi connectivity index (χ3v) is 3.72. The smallest absolute Gasteiger partial charge is 0.327 e. The van der Waals surface area contributed by atoms with Gasteiger partial charge in [-0.05, 0) is 29.3 Å². The van der Waals surface area contributed by atoms with Gasteiger partial charge in [0.1, 0.15) is 6.04 Å². The zero-order valence-electron chi connectivity index (χ0n) is 12.6. The molecule has 2 aromatic carbocycles. The number of methoxy groups -OCH3 is 1. The van der Waals surface area contributed by atoms with Gasteiger partial charge in [0, 0.05) is 17.1 Å². The summed E-state index contributed by atoms with van der Waals surface area (Å²) in [6, 6.07) is 13.2. The van der Waals surface area contributed by atoms with Crippen molar-refractivity contribution in [2.75, 3.05) is 7.11 Å². The molecule has 6 heteroatoms. The van der Waals surface area contributed by atoms with E-state index in [-0.39, 0.29) is 0 Å². The molecule has 0 unspecified atom stereocenters. The SMILES string of the molecule is COC(=O)[C@@H](NCc1cccc(C(N)=O)c1)c1ccccc1Cl. The van der Waals surface area contributed by atoms with Crippen molar-refractivity contribution >= 4 is 23.5 Å². The van der Waals surface area contributed by atoms with E-state index in [4.69, 9.17) is 22.1 Å². The topological polar surface area (TPSA) is 81.4 Å². The van der Waals surface area contributed by atoms with Gasteiger partial charge >= 0.3 is 5.97 Å². The van der Waals surface area contributed by atoms with Crippen LogP contribution < -0.4 is 11.1 Å². The Balaban J connectivity index is 2.20. The van der Waals surface area contributed by atoms with Gasteiger partial charge in [-0.15, -0.1) is 0 Å². The molecule has 1 atom stereocenters. The second kappa shape index (κ2) is 7.76. The van der Waals surface area contributed by atoms with E-state index in [0.717, 1.165) is 5.56 Å². The van der Waals surface area contributed by atoms with Crippen molar-refractivity contribution in [1.82, 2.24) is 5.32 Å². The maximum absolute atomic E-state index is 12.0. The fraction of sp³-hybridized carbons (Fsp3) is 0.176. The van der Waals surface area contributed by atoms with E-state index in [1.165, 1.54) is 7.11 Å². The molecule has 2 rings (SSSR count). The number of carbonyl (C=O) groups excluding carboxylic acids is 2. The lowest BCUT2D eigenvalue weighted by atomic mass is 10.1. The average Bonchev–Trinajstić information content (AvgIpc) is 2.56. The summed E-state index contributed by atoms with van der Waals surface area (Å²) in [6.45, 7) is 0.353. The summed E-state index contributed by atoms with van der Waals surface area (Å²) in [5.41, 5.74) is 7.14. The van der Waals surface area contributed by atoms with E-state index in [9.17, 15) is 9.59 Å². The van der Waals surface area contributed by atoms with Crippen molar-refractivity contribution < 1.29 is 14.3 Å². The number of nitrogens with one attached hydrogen (secondary N) is 1. The highest BCUT2D eigenvalue weighted by molar-refractivity contribution is 6.31. The highest BCUT2D eigenvalue weighted by atomic mass is 35.5. The minimum absolute atomic E-state index is 0.353. The van der Waals surface area contributed by atoms with E-state index >= 15 is 0 Å². The molecule has 0 heterocycles. The van der Waals surface area contributed by atoms with Crippen LogP contribution in [0.1, 0.15) is 27.5 Å². The van der Waals surface area contributed by atoms with Gasteiger partial charge in [0.15, 0.2) is 0 Å². The molecule has 0 radical (unpaired) electrons. The van der Waals surface area contributed by atoms with Gasteiger partial charge in [-0.25, -0.2) is 4.79 Å². The molecule has 2 aromatic rings. The van der Waals surface area contributed by atoms with Gasteiger partial charge in [0.05, 0.1) is 7.11 Å². The molecule has 0 aromatic heterocycles. The first-order chi connectivity index (χ1) is 11.0. The minimum atomic E-state index is -0.703. The van der Waals surface area contributed by atoms with Crippen LogP contribution in [0.25, 0.3) is 0 Å². The third kappa shape index (κ3) is 4.31. The van der Waals surface area contributed by atoms with Gasteiger partial charge in [-0.2, -0.15) is 0 Å². The molecule has 5 nitrogen and oxygen atoms in total. The number of nitrogens with two attached hydrogens (primary N) is 1. The molecule has 1 amide bonds. The molecule has 3 N–H and O–H groups in total. The number of esters is 1. The molecule has 0 aliphatic rings. The van der Waals surface area contributed by atoms with E-state index in [0.29, 0.717) is 22.7 Å². The zero-order chi connectivity index (χ0) is 16.8. The molecule has 0 aliphatic carbocycles. The van der Waals surface area contributed by atoms with Crippen LogP contribution in [0.4, 0.5) is 0 Å². The number of carbonyl (C=O) groups is 2. The van der Waals surface area contributed by atoms with Crippen LogP contribution in [-0.2, 0) is 16.1 Å². The number of halogens is 1. The summed E-state index contributed by atoms with van der Waals surface area (Å²) in [4.78, 5) is 23.3. The average molecular weight is 333 g/mol. The van der Waals surface area contributed by atoms with Crippen LogP contribution in [0.3, 0.4) is 0 Å². The van der Waals surface area contributed by atoms with Crippen LogP contribution in [0.2, 0.25) is 5.02 Å². The Morgan fingerprint density at radius 2 is 1.96 bits per heavy atom. The fourth-order valence-electron chi connectivity index (χ4n) is 2.20. The highest BCUT2D eigenvalue weighted by Gasteiger charge is 2.23. The van der Waals surface area contributed by atoms with Crippen molar-refractivity contribution in [2.45, 2.75) is 12.6 Å². The van der Waals surface area contributed by atoms with Crippen molar-refractivity contribution in [3.05, 3.63) is 70.2 Å². The molecule has 0 fully saturated rings. The van der Waals surface area contributed by atoms with Crippen LogP contribution in [0, 0.1) is 0 Å². The monoisotopic (exact) mass is 332 g/mol. The summed E-state index contributed by atoms with van der Waals surface area (Å²) in [6.07, 6.45) is 0. The van der Waals surface area contributed by atoms with Crippen molar-refractivity contribution in [2.24, 2.45) is 5.73 Å². The van der Waals surface area contributed by atoms with Crippen LogP contribution in [-0.4, -0.2) is 19.0 Å². The number of hydrogen-bond donors (Lipinski definition) is 2. The van der Waals surface area contributed by atoms with Gasteiger partial charge in [0.25, 0.3) is 0 Å². The van der Waals surface area contributed by atoms with E-state index in [1.807, 2.05) is 6.07 Å². The van der Waals surface area contributed by atoms with Crippen LogP contribution >= 0.6 is 11.6 Å². The predicted octanol–water partition coefficient (Wildman–Crippen LogP) is 2.44. The Hall–Kier alpha value is -2.37. The van der Waals surface area contributed by atoms with Crippen LogP contribution in [0.15, 0.2) is 48.5 Å². The zero-order valence-corrected chi connectivity index (χ0v) is 13.3. The minimum Gasteiger partial charge on any atom is -0.468 e. The first-order valence-corrected chi connectivity index (χ1v) is 7.35. The standard InChI is InChI=1S/C17H17ClN2O3/c1-23-17(22)15(13-7-2-3-8-14(13)18)20-10-11-5-4-6-12(9-11)16(19)21/h2-9,15,20H,10H2,1H3,(H2,19,21)/t15-/m0/s1. The van der Waals surface area contributed by atoms with Crippen molar-refractivity contribution in [3.8, 4) is 0 Å². The molecular weight excluding hydrogens is 316 g/mol. The molecule has 23 heavy (non-hydrogen) atoms. The predicted molar refractivity (Wildman–Crippen MR) is 88.0 cm³/mol. The van der Waals surface area contributed by atoms with Gasteiger partial charge in [-0.1, -0.05) is 41.9 Å². The number of hydrogen-bond acceptors (Lipinski definition) is 4. The second-order valence-corrected chi connectivity index (χ2v) is 5.33. The number of amides is 1. The normalized spacial score (nSPS) is 11.7. The number of primary amides is 1. The quantitative estimate of drug-likeness (QED) is 0.796. The van der Waals surface area contributed by atoms with Crippen molar-refractivity contribution in [3.63, 3.8) is 0 Å². The first-order valence-electron chi connectivity index (χ1n) is 6.97. The maximum Gasteiger partial charge on any atom is 0.327 e. The summed E-state index contributed by atoms with van der Waals surface area (Å²) in [5, 5.41) is 3.57. The molecule has 0 bridgehead atoms. The van der Waals surface area contributed by atoms with Gasteiger partial charge in [-0.3, -0.25) is 10.1 Å². The lowest BCUT2D eigenvalue weighted by Crippen LogP contribution is -2.29. The maximum atomic E-state index is 12.0. The highest BCUT2D eigenvalue weighted by Crippen LogP contribution is 2.24. The first kappa shape index (κ1) is 17.0. The summed E-state index contributed by atoms with van der Waals surface area (Å²) >= 11 is 6.16. The van der Waals surface area contributed by atoms with E-state index < -0.39 is 17.9 Å². The lowest BCUT2D eigenvalue weighted by Gasteiger charge is -2.18. The molecule has 120 valence electrons. The fourth-order valence-corrected chi connectivity index (χ4v) is 2.45. The molecule has 0 saturated heterocycles. The summed E-state index contributed by atoms with van der Waals surface area (Å²) in [5.74, 6) is -0.938.